The Morgan fingerprint density at radius 2 is 2.21 bits per heavy atom. The predicted molar refractivity (Wildman–Crippen MR) is 76.5 cm³/mol. The molecule has 1 amide bonds. The number of thioether (sulfide) groups is 2. The van der Waals surface area contributed by atoms with E-state index in [1.165, 1.54) is 12.1 Å². The third-order valence-corrected chi connectivity index (χ3v) is 5.65. The first-order chi connectivity index (χ1) is 9.08. The zero-order valence-electron chi connectivity index (χ0n) is 10.5. The van der Waals surface area contributed by atoms with Gasteiger partial charge in [-0.05, 0) is 13.0 Å². The second-order valence-electron chi connectivity index (χ2n) is 4.33. The summed E-state index contributed by atoms with van der Waals surface area (Å²) >= 11 is 3.38. The highest BCUT2D eigenvalue weighted by Gasteiger charge is 2.24. The van der Waals surface area contributed by atoms with E-state index < -0.39 is 17.7 Å². The first kappa shape index (κ1) is 14.7. The van der Waals surface area contributed by atoms with Gasteiger partial charge in [0.2, 0.25) is 5.91 Å². The fourth-order valence-corrected chi connectivity index (χ4v) is 4.44. The summed E-state index contributed by atoms with van der Waals surface area (Å²) in [6.45, 7) is 1.70. The Kier molecular flexibility index (Phi) is 5.10. The number of carbonyl (C=O) groups is 1. The lowest BCUT2D eigenvalue weighted by atomic mass is 10.1. The van der Waals surface area contributed by atoms with Gasteiger partial charge in [-0.15, -0.1) is 11.8 Å². The van der Waals surface area contributed by atoms with Crippen molar-refractivity contribution in [3.05, 3.63) is 35.4 Å². The van der Waals surface area contributed by atoms with Gasteiger partial charge in [0.25, 0.3) is 0 Å². The topological polar surface area (TPSA) is 29.1 Å². The number of benzene rings is 1. The van der Waals surface area contributed by atoms with Crippen molar-refractivity contribution >= 4 is 29.4 Å². The number of carbonyl (C=O) groups excluding carboxylic acids is 1. The normalized spacial score (nSPS) is 20.9. The number of halogens is 2. The molecule has 6 heteroatoms. The van der Waals surface area contributed by atoms with Crippen LogP contribution in [0.4, 0.5) is 8.78 Å². The number of hydrogen-bond acceptors (Lipinski definition) is 3. The van der Waals surface area contributed by atoms with Gasteiger partial charge in [0.15, 0.2) is 0 Å². The molecule has 2 unspecified atom stereocenters. The second kappa shape index (κ2) is 6.61. The Hall–Kier alpha value is -0.750. The molecule has 1 aliphatic heterocycles. The molecule has 104 valence electrons. The lowest BCUT2D eigenvalue weighted by Crippen LogP contribution is -2.37. The molecule has 1 aliphatic rings. The molecular weight excluding hydrogens is 288 g/mol. The Morgan fingerprint density at radius 3 is 2.84 bits per heavy atom. The van der Waals surface area contributed by atoms with Crippen LogP contribution in [0.3, 0.4) is 0 Å². The fraction of sp³-hybridized carbons (Fsp3) is 0.462. The molecule has 0 aromatic heterocycles. The quantitative estimate of drug-likeness (QED) is 0.931. The van der Waals surface area contributed by atoms with Crippen LogP contribution >= 0.6 is 23.5 Å². The monoisotopic (exact) mass is 303 g/mol. The van der Waals surface area contributed by atoms with Gasteiger partial charge in [0, 0.05) is 28.9 Å². The van der Waals surface area contributed by atoms with E-state index in [-0.39, 0.29) is 11.2 Å². The molecule has 1 aromatic rings. The molecular formula is C13H15F2NOS2. The van der Waals surface area contributed by atoms with Gasteiger partial charge in [-0.3, -0.25) is 4.79 Å². The van der Waals surface area contributed by atoms with E-state index in [1.807, 2.05) is 0 Å². The molecule has 0 saturated carbocycles. The van der Waals surface area contributed by atoms with Crippen molar-refractivity contribution in [1.82, 2.24) is 5.32 Å². The molecule has 2 atom stereocenters. The van der Waals surface area contributed by atoms with Crippen LogP contribution in [0.2, 0.25) is 0 Å². The largest absolute Gasteiger partial charge is 0.348 e. The van der Waals surface area contributed by atoms with Crippen molar-refractivity contribution in [2.45, 2.75) is 18.2 Å². The van der Waals surface area contributed by atoms with Crippen molar-refractivity contribution < 1.29 is 13.6 Å². The van der Waals surface area contributed by atoms with Crippen LogP contribution < -0.4 is 5.32 Å². The molecule has 1 N–H and O–H groups in total. The highest BCUT2D eigenvalue weighted by atomic mass is 32.2. The minimum atomic E-state index is -0.626. The third kappa shape index (κ3) is 3.86. The Balaban J connectivity index is 1.99. The SMILES string of the molecule is CC(NC(=O)C1CSCCS1)c1ccc(F)cc1F. The van der Waals surface area contributed by atoms with E-state index in [9.17, 15) is 13.6 Å². The van der Waals surface area contributed by atoms with Gasteiger partial charge >= 0.3 is 0 Å². The number of nitrogens with one attached hydrogen (secondary N) is 1. The van der Waals surface area contributed by atoms with E-state index in [2.05, 4.69) is 5.32 Å². The molecule has 0 radical (unpaired) electrons. The summed E-state index contributed by atoms with van der Waals surface area (Å²) < 4.78 is 26.4. The van der Waals surface area contributed by atoms with E-state index >= 15 is 0 Å². The van der Waals surface area contributed by atoms with Crippen molar-refractivity contribution in [2.75, 3.05) is 17.3 Å². The molecule has 1 heterocycles. The summed E-state index contributed by atoms with van der Waals surface area (Å²) in [6, 6.07) is 2.95. The summed E-state index contributed by atoms with van der Waals surface area (Å²) in [5, 5.41) is 2.71. The van der Waals surface area contributed by atoms with E-state index in [0.29, 0.717) is 5.56 Å². The van der Waals surface area contributed by atoms with Crippen molar-refractivity contribution in [3.8, 4) is 0 Å². The average Bonchev–Trinajstić information content (AvgIpc) is 2.39. The highest BCUT2D eigenvalue weighted by molar-refractivity contribution is 8.07. The van der Waals surface area contributed by atoms with Crippen LogP contribution in [0.5, 0.6) is 0 Å². The average molecular weight is 303 g/mol. The van der Waals surface area contributed by atoms with E-state index in [4.69, 9.17) is 0 Å². The number of amides is 1. The molecule has 0 spiro atoms. The van der Waals surface area contributed by atoms with Crippen molar-refractivity contribution in [2.24, 2.45) is 0 Å². The van der Waals surface area contributed by atoms with Gasteiger partial charge in [-0.25, -0.2) is 8.78 Å². The lowest BCUT2D eigenvalue weighted by molar-refractivity contribution is -0.120. The zero-order valence-corrected chi connectivity index (χ0v) is 12.1. The molecule has 1 saturated heterocycles. The van der Waals surface area contributed by atoms with Crippen LogP contribution in [-0.4, -0.2) is 28.4 Å². The van der Waals surface area contributed by atoms with Crippen LogP contribution in [0.1, 0.15) is 18.5 Å². The smallest absolute Gasteiger partial charge is 0.234 e. The maximum absolute atomic E-state index is 13.6. The van der Waals surface area contributed by atoms with Crippen LogP contribution in [-0.2, 0) is 4.79 Å². The maximum Gasteiger partial charge on any atom is 0.234 e. The molecule has 0 bridgehead atoms. The van der Waals surface area contributed by atoms with Crippen LogP contribution in [0.25, 0.3) is 0 Å². The first-order valence-electron chi connectivity index (χ1n) is 6.02. The minimum Gasteiger partial charge on any atom is -0.348 e. The maximum atomic E-state index is 13.6. The first-order valence-corrected chi connectivity index (χ1v) is 8.23. The molecule has 1 aromatic carbocycles. The van der Waals surface area contributed by atoms with Gasteiger partial charge in [-0.1, -0.05) is 6.07 Å². The predicted octanol–water partition coefficient (Wildman–Crippen LogP) is 2.99. The van der Waals surface area contributed by atoms with Crippen LogP contribution in [0, 0.1) is 11.6 Å². The second-order valence-corrected chi connectivity index (χ2v) is 6.79. The summed E-state index contributed by atoms with van der Waals surface area (Å²) in [7, 11) is 0. The molecule has 2 rings (SSSR count). The minimum absolute atomic E-state index is 0.0755. The van der Waals surface area contributed by atoms with Gasteiger partial charge in [-0.2, -0.15) is 11.8 Å². The summed E-state index contributed by atoms with van der Waals surface area (Å²) in [5.41, 5.74) is 0.309. The van der Waals surface area contributed by atoms with Crippen molar-refractivity contribution in [1.29, 1.82) is 0 Å². The highest BCUT2D eigenvalue weighted by Crippen LogP contribution is 2.25. The summed E-state index contributed by atoms with van der Waals surface area (Å²) in [5.74, 6) is 1.50. The Bertz CT molecular complexity index is 464. The van der Waals surface area contributed by atoms with Crippen molar-refractivity contribution in [3.63, 3.8) is 0 Å². The molecule has 19 heavy (non-hydrogen) atoms. The van der Waals surface area contributed by atoms with E-state index in [0.717, 1.165) is 23.3 Å². The molecule has 2 nitrogen and oxygen atoms in total. The zero-order chi connectivity index (χ0) is 13.8. The van der Waals surface area contributed by atoms with Crippen LogP contribution in [0.15, 0.2) is 18.2 Å². The molecule has 1 fully saturated rings. The Morgan fingerprint density at radius 1 is 1.42 bits per heavy atom. The fourth-order valence-electron chi connectivity index (χ4n) is 1.88. The summed E-state index contributed by atoms with van der Waals surface area (Å²) in [6.07, 6.45) is 0. The van der Waals surface area contributed by atoms with Gasteiger partial charge in [0.1, 0.15) is 11.6 Å². The Labute approximate surface area is 119 Å². The lowest BCUT2D eigenvalue weighted by Gasteiger charge is -2.23. The number of hydrogen-bond donors (Lipinski definition) is 1. The summed E-state index contributed by atoms with van der Waals surface area (Å²) in [4.78, 5) is 12.0. The van der Waals surface area contributed by atoms with E-state index in [1.54, 1.807) is 30.4 Å². The number of rotatable bonds is 3. The standard InChI is InChI=1S/C13H15F2NOS2/c1-8(10-3-2-9(14)6-11(10)15)16-13(17)12-7-18-4-5-19-12/h2-3,6,8,12H,4-5,7H2,1H3,(H,16,17). The molecule has 0 aliphatic carbocycles. The van der Waals surface area contributed by atoms with Gasteiger partial charge < -0.3 is 5.32 Å². The third-order valence-electron chi connectivity index (χ3n) is 2.90. The van der Waals surface area contributed by atoms with Gasteiger partial charge in [0.05, 0.1) is 11.3 Å².